The van der Waals surface area contributed by atoms with Gasteiger partial charge < -0.3 is 0 Å². The predicted molar refractivity (Wildman–Crippen MR) is 57.4 cm³/mol. The van der Waals surface area contributed by atoms with Crippen LogP contribution in [-0.4, -0.2) is 0 Å². The van der Waals surface area contributed by atoms with Crippen LogP contribution in [0.15, 0.2) is 0 Å². The molecule has 0 aromatic heterocycles. The third kappa shape index (κ3) is 4.79. The van der Waals surface area contributed by atoms with Crippen LogP contribution in [0.4, 0.5) is 0 Å². The van der Waals surface area contributed by atoms with Crippen LogP contribution in [0.3, 0.4) is 0 Å². The average molecular weight is 170 g/mol. The second kappa shape index (κ2) is 5.61. The van der Waals surface area contributed by atoms with E-state index in [1.807, 2.05) is 0 Å². The Morgan fingerprint density at radius 2 is 1.58 bits per heavy atom. The van der Waals surface area contributed by atoms with Crippen LogP contribution in [0.25, 0.3) is 0 Å². The van der Waals surface area contributed by atoms with Gasteiger partial charge in [-0.15, -0.1) is 0 Å². The number of hydrogen-bond donors (Lipinski definition) is 0. The van der Waals surface area contributed by atoms with E-state index in [2.05, 4.69) is 34.6 Å². The molecule has 0 heteroatoms. The highest BCUT2D eigenvalue weighted by Gasteiger charge is 2.20. The van der Waals surface area contributed by atoms with Crippen LogP contribution in [0.5, 0.6) is 0 Å². The van der Waals surface area contributed by atoms with Gasteiger partial charge in [0.25, 0.3) is 0 Å². The van der Waals surface area contributed by atoms with Crippen molar-refractivity contribution in [2.75, 3.05) is 0 Å². The summed E-state index contributed by atoms with van der Waals surface area (Å²) >= 11 is 0. The van der Waals surface area contributed by atoms with Crippen molar-refractivity contribution in [1.29, 1.82) is 0 Å². The van der Waals surface area contributed by atoms with Gasteiger partial charge in [0.1, 0.15) is 0 Å². The smallest absolute Gasteiger partial charge is 0.0331 e. The first-order valence-electron chi connectivity index (χ1n) is 5.50. The van der Waals surface area contributed by atoms with Gasteiger partial charge in [-0.05, 0) is 17.8 Å². The lowest BCUT2D eigenvalue weighted by molar-refractivity contribution is 0.221. The molecule has 0 aromatic rings. The highest BCUT2D eigenvalue weighted by atomic mass is 14.3. The molecule has 0 nitrogen and oxygen atoms in total. The molecule has 0 amide bonds. The van der Waals surface area contributed by atoms with Crippen molar-refractivity contribution in [3.8, 4) is 0 Å². The molecule has 0 spiro atoms. The molecule has 0 radical (unpaired) electrons. The quantitative estimate of drug-likeness (QED) is 0.509. The van der Waals surface area contributed by atoms with Gasteiger partial charge in [0.05, 0.1) is 0 Å². The molecule has 0 heterocycles. The van der Waals surface area contributed by atoms with Gasteiger partial charge in [0, 0.05) is 0 Å². The second-order valence-corrected chi connectivity index (χ2v) is 4.95. The predicted octanol–water partition coefficient (Wildman–Crippen LogP) is 4.64. The van der Waals surface area contributed by atoms with Gasteiger partial charge in [-0.3, -0.25) is 0 Å². The first kappa shape index (κ1) is 12.0. The van der Waals surface area contributed by atoms with E-state index >= 15 is 0 Å². The Morgan fingerprint density at radius 3 is 2.00 bits per heavy atom. The van der Waals surface area contributed by atoms with Gasteiger partial charge in [-0.2, -0.15) is 0 Å². The fraction of sp³-hybridized carbons (Fsp3) is 1.00. The maximum absolute atomic E-state index is 2.39. The van der Waals surface area contributed by atoms with Crippen molar-refractivity contribution in [3.63, 3.8) is 0 Å². The summed E-state index contributed by atoms with van der Waals surface area (Å²) in [6.45, 7) is 11.7. The van der Waals surface area contributed by atoms with Crippen molar-refractivity contribution in [1.82, 2.24) is 0 Å². The van der Waals surface area contributed by atoms with E-state index in [0.29, 0.717) is 5.41 Å². The Labute approximate surface area is 78.8 Å². The topological polar surface area (TPSA) is 0 Å². The molecule has 0 N–H and O–H groups in total. The van der Waals surface area contributed by atoms with E-state index < -0.39 is 0 Å². The zero-order valence-electron chi connectivity index (χ0n) is 9.61. The SMILES string of the molecule is CCCCCCC(C)(C)C(C)C. The standard InChI is InChI=1S/C12H26/c1-6-7-8-9-10-12(4,5)11(2)3/h11H,6-10H2,1-5H3. The van der Waals surface area contributed by atoms with E-state index in [9.17, 15) is 0 Å². The van der Waals surface area contributed by atoms with Crippen LogP contribution >= 0.6 is 0 Å². The maximum atomic E-state index is 2.39. The summed E-state index contributed by atoms with van der Waals surface area (Å²) in [6.07, 6.45) is 6.99. The molecule has 0 saturated heterocycles. The van der Waals surface area contributed by atoms with Crippen LogP contribution in [-0.2, 0) is 0 Å². The fourth-order valence-corrected chi connectivity index (χ4v) is 1.30. The molecule has 0 aliphatic heterocycles. The van der Waals surface area contributed by atoms with E-state index in [-0.39, 0.29) is 0 Å². The minimum atomic E-state index is 0.549. The molecule has 0 atom stereocenters. The monoisotopic (exact) mass is 170 g/mol. The van der Waals surface area contributed by atoms with Gasteiger partial charge in [0.15, 0.2) is 0 Å². The lowest BCUT2D eigenvalue weighted by Gasteiger charge is -2.29. The average Bonchev–Trinajstić information content (AvgIpc) is 1.98. The number of rotatable bonds is 6. The third-order valence-corrected chi connectivity index (χ3v) is 3.24. The Morgan fingerprint density at radius 1 is 1.00 bits per heavy atom. The summed E-state index contributed by atoms with van der Waals surface area (Å²) in [4.78, 5) is 0. The first-order chi connectivity index (χ1) is 5.50. The Bertz CT molecular complexity index is 101. The second-order valence-electron chi connectivity index (χ2n) is 4.95. The number of hydrogen-bond acceptors (Lipinski definition) is 0. The van der Waals surface area contributed by atoms with E-state index in [4.69, 9.17) is 0 Å². The fourth-order valence-electron chi connectivity index (χ4n) is 1.30. The minimum absolute atomic E-state index is 0.549. The van der Waals surface area contributed by atoms with Crippen LogP contribution in [0.1, 0.15) is 66.7 Å². The summed E-state index contributed by atoms with van der Waals surface area (Å²) in [5.41, 5.74) is 0.549. The van der Waals surface area contributed by atoms with Crippen molar-refractivity contribution in [3.05, 3.63) is 0 Å². The summed E-state index contributed by atoms with van der Waals surface area (Å²) in [7, 11) is 0. The van der Waals surface area contributed by atoms with Gasteiger partial charge in [-0.25, -0.2) is 0 Å². The normalized spacial score (nSPS) is 12.5. The third-order valence-electron chi connectivity index (χ3n) is 3.24. The highest BCUT2D eigenvalue weighted by molar-refractivity contribution is 4.71. The largest absolute Gasteiger partial charge is 0.0654 e. The zero-order chi connectivity index (χ0) is 9.61. The van der Waals surface area contributed by atoms with Crippen molar-refractivity contribution in [2.45, 2.75) is 66.7 Å². The molecule has 12 heavy (non-hydrogen) atoms. The molecule has 0 saturated carbocycles. The Balaban J connectivity index is 3.47. The van der Waals surface area contributed by atoms with Crippen LogP contribution < -0.4 is 0 Å². The zero-order valence-corrected chi connectivity index (χ0v) is 9.61. The van der Waals surface area contributed by atoms with Crippen LogP contribution in [0, 0.1) is 11.3 Å². The van der Waals surface area contributed by atoms with Crippen molar-refractivity contribution < 1.29 is 0 Å². The molecular formula is C12H26. The number of unbranched alkanes of at least 4 members (excludes halogenated alkanes) is 3. The maximum Gasteiger partial charge on any atom is -0.0331 e. The molecule has 74 valence electrons. The summed E-state index contributed by atoms with van der Waals surface area (Å²) in [5.74, 6) is 0.819. The molecule has 0 rings (SSSR count). The summed E-state index contributed by atoms with van der Waals surface area (Å²) < 4.78 is 0. The lowest BCUT2D eigenvalue weighted by Crippen LogP contribution is -2.18. The van der Waals surface area contributed by atoms with Gasteiger partial charge in [0.2, 0.25) is 0 Å². The molecule has 0 unspecified atom stereocenters. The Kier molecular flexibility index (Phi) is 5.61. The van der Waals surface area contributed by atoms with Crippen LogP contribution in [0.2, 0.25) is 0 Å². The van der Waals surface area contributed by atoms with Gasteiger partial charge >= 0.3 is 0 Å². The molecule has 0 aromatic carbocycles. The molecular weight excluding hydrogens is 144 g/mol. The van der Waals surface area contributed by atoms with Gasteiger partial charge in [-0.1, -0.05) is 60.3 Å². The first-order valence-corrected chi connectivity index (χ1v) is 5.50. The summed E-state index contributed by atoms with van der Waals surface area (Å²) in [6, 6.07) is 0. The minimum Gasteiger partial charge on any atom is -0.0654 e. The lowest BCUT2D eigenvalue weighted by atomic mass is 9.77. The van der Waals surface area contributed by atoms with E-state index in [1.54, 1.807) is 0 Å². The molecule has 0 aliphatic carbocycles. The highest BCUT2D eigenvalue weighted by Crippen LogP contribution is 2.32. The van der Waals surface area contributed by atoms with E-state index in [1.165, 1.54) is 32.1 Å². The van der Waals surface area contributed by atoms with Crippen molar-refractivity contribution in [2.24, 2.45) is 11.3 Å². The Hall–Kier alpha value is 0. The molecule has 0 aliphatic rings. The summed E-state index contributed by atoms with van der Waals surface area (Å²) in [5, 5.41) is 0. The van der Waals surface area contributed by atoms with Crippen molar-refractivity contribution >= 4 is 0 Å². The molecule has 0 fully saturated rings. The van der Waals surface area contributed by atoms with E-state index in [0.717, 1.165) is 5.92 Å². The molecule has 0 bridgehead atoms.